The van der Waals surface area contributed by atoms with E-state index in [0.29, 0.717) is 28.0 Å². The number of hydrogen-bond acceptors (Lipinski definition) is 3. The van der Waals surface area contributed by atoms with E-state index < -0.39 is 13.7 Å². The summed E-state index contributed by atoms with van der Waals surface area (Å²) in [6.07, 6.45) is 2.92. The topological polar surface area (TPSA) is 38.9 Å². The Bertz CT molecular complexity index is 2060. The number of hydrogen-bond donors (Lipinski definition) is 0. The van der Waals surface area contributed by atoms with Gasteiger partial charge in [0.05, 0.1) is 11.3 Å². The largest absolute Gasteiger partial charge is 0.499 e. The second-order valence-electron chi connectivity index (χ2n) is 9.29. The summed E-state index contributed by atoms with van der Waals surface area (Å²) in [5, 5.41) is 0.706. The van der Waals surface area contributed by atoms with Crippen molar-refractivity contribution in [3.8, 4) is 45.0 Å². The average molecular weight is 727 g/mol. The Labute approximate surface area is 268 Å². The minimum absolute atomic E-state index is 0. The first kappa shape index (κ1) is 22.0. The Morgan fingerprint density at radius 2 is 1.40 bits per heavy atom. The Kier molecular flexibility index (Phi) is 7.00. The first-order valence-electron chi connectivity index (χ1n) is 16.1. The number of aromatic nitrogens is 2. The molecular weight excluding hydrogens is 693 g/mol. The molecular formula is C38H28IrN2O-2. The maximum atomic E-state index is 7.89. The SMILES string of the molecule is [2H]C([2H])([2H])c1cnc(-c2[c-]c3cc(-c4ccccc4)oc3c(-c3ccccc3)c2)cc1C([2H])([2H])[2H].[Ir].[c-]1ccccc1-c1ccccn1. The minimum atomic E-state index is -2.61. The number of rotatable bonds is 4. The van der Waals surface area contributed by atoms with Crippen molar-refractivity contribution in [2.24, 2.45) is 0 Å². The molecule has 3 heterocycles. The van der Waals surface area contributed by atoms with Crippen molar-refractivity contribution in [1.82, 2.24) is 9.97 Å². The van der Waals surface area contributed by atoms with Crippen LogP contribution < -0.4 is 0 Å². The fourth-order valence-electron chi connectivity index (χ4n) is 4.47. The Hall–Kier alpha value is -4.63. The van der Waals surface area contributed by atoms with Gasteiger partial charge in [0.1, 0.15) is 0 Å². The molecule has 0 bridgehead atoms. The fraction of sp³-hybridized carbons (Fsp3) is 0.0526. The first-order chi connectivity index (χ1) is 22.6. The van der Waals surface area contributed by atoms with Crippen LogP contribution in [0.5, 0.6) is 0 Å². The molecule has 0 saturated carbocycles. The molecule has 7 rings (SSSR count). The summed E-state index contributed by atoms with van der Waals surface area (Å²) >= 11 is 0. The molecule has 0 aliphatic carbocycles. The molecule has 0 saturated heterocycles. The van der Waals surface area contributed by atoms with Crippen molar-refractivity contribution in [2.75, 3.05) is 0 Å². The normalized spacial score (nSPS) is 13.1. The number of nitrogens with zero attached hydrogens (tertiary/aromatic N) is 2. The van der Waals surface area contributed by atoms with Crippen LogP contribution in [0, 0.1) is 25.8 Å². The van der Waals surface area contributed by atoms with Gasteiger partial charge in [0, 0.05) is 52.0 Å². The number of fused-ring (bicyclic) bond motifs is 1. The summed E-state index contributed by atoms with van der Waals surface area (Å²) in [7, 11) is 0. The molecule has 207 valence electrons. The standard InChI is InChI=1S/C27H20NO.C11H8N.Ir/c1-18-13-25(28-17-19(18)2)22-14-23-16-26(21-11-7-4-8-12-21)29-27(23)24(15-22)20-9-5-3-6-10-20;1-2-6-10(7-3-1)11-8-4-5-9-12-11;/h3-13,15-17H,1-2H3;1-6,8-9H;/q2*-1;/i1D3,2D3;;. The molecule has 0 aliphatic heterocycles. The van der Waals surface area contributed by atoms with Gasteiger partial charge in [0.2, 0.25) is 0 Å². The number of aryl methyl sites for hydroxylation is 2. The van der Waals surface area contributed by atoms with Gasteiger partial charge in [0.25, 0.3) is 0 Å². The molecule has 42 heavy (non-hydrogen) atoms. The van der Waals surface area contributed by atoms with Crippen LogP contribution in [0.1, 0.15) is 19.4 Å². The first-order valence-corrected chi connectivity index (χ1v) is 13.1. The minimum Gasteiger partial charge on any atom is -0.499 e. The van der Waals surface area contributed by atoms with Crippen molar-refractivity contribution >= 4 is 11.0 Å². The molecule has 3 nitrogen and oxygen atoms in total. The van der Waals surface area contributed by atoms with Crippen LogP contribution in [0.2, 0.25) is 0 Å². The fourth-order valence-corrected chi connectivity index (χ4v) is 4.47. The number of furan rings is 1. The van der Waals surface area contributed by atoms with Gasteiger partial charge < -0.3 is 9.40 Å². The Morgan fingerprint density at radius 1 is 0.667 bits per heavy atom. The number of benzene rings is 4. The van der Waals surface area contributed by atoms with E-state index in [1.165, 1.54) is 6.07 Å². The predicted octanol–water partition coefficient (Wildman–Crippen LogP) is 9.79. The van der Waals surface area contributed by atoms with Crippen LogP contribution in [-0.4, -0.2) is 9.97 Å². The average Bonchev–Trinajstić information content (AvgIpc) is 3.53. The van der Waals surface area contributed by atoms with Gasteiger partial charge in [-0.3, -0.25) is 4.98 Å². The quantitative estimate of drug-likeness (QED) is 0.170. The summed E-state index contributed by atoms with van der Waals surface area (Å²) in [6.45, 7) is -5.20. The molecule has 0 fully saturated rings. The third-order valence-corrected chi connectivity index (χ3v) is 6.51. The van der Waals surface area contributed by atoms with Gasteiger partial charge >= 0.3 is 0 Å². The van der Waals surface area contributed by atoms with E-state index in [1.54, 1.807) is 6.20 Å². The molecule has 0 amide bonds. The van der Waals surface area contributed by atoms with Gasteiger partial charge in [-0.05, 0) is 42.2 Å². The monoisotopic (exact) mass is 727 g/mol. The van der Waals surface area contributed by atoms with E-state index in [1.807, 2.05) is 115 Å². The summed E-state index contributed by atoms with van der Waals surface area (Å²) < 4.78 is 53.1. The maximum absolute atomic E-state index is 7.89. The van der Waals surface area contributed by atoms with E-state index >= 15 is 0 Å². The van der Waals surface area contributed by atoms with Gasteiger partial charge in [-0.1, -0.05) is 101 Å². The molecule has 0 atom stereocenters. The molecule has 1 radical (unpaired) electrons. The molecule has 0 N–H and O–H groups in total. The van der Waals surface area contributed by atoms with Gasteiger partial charge in [0.15, 0.2) is 0 Å². The second kappa shape index (κ2) is 13.4. The van der Waals surface area contributed by atoms with Crippen LogP contribution in [-0.2, 0) is 20.1 Å². The van der Waals surface area contributed by atoms with Crippen molar-refractivity contribution in [1.29, 1.82) is 0 Å². The zero-order chi connectivity index (χ0) is 33.0. The zero-order valence-corrected chi connectivity index (χ0v) is 24.7. The third kappa shape index (κ3) is 6.47. The van der Waals surface area contributed by atoms with Crippen molar-refractivity contribution in [2.45, 2.75) is 13.7 Å². The second-order valence-corrected chi connectivity index (χ2v) is 9.29. The molecule has 0 spiro atoms. The van der Waals surface area contributed by atoms with E-state index in [0.717, 1.165) is 34.1 Å². The molecule has 0 unspecified atom stereocenters. The predicted molar refractivity (Wildman–Crippen MR) is 167 cm³/mol. The van der Waals surface area contributed by atoms with Crippen LogP contribution in [0.3, 0.4) is 0 Å². The van der Waals surface area contributed by atoms with Crippen LogP contribution in [0.4, 0.5) is 0 Å². The summed E-state index contributed by atoms with van der Waals surface area (Å²) in [6, 6.07) is 44.6. The van der Waals surface area contributed by atoms with E-state index in [2.05, 4.69) is 22.1 Å². The van der Waals surface area contributed by atoms with Crippen molar-refractivity contribution in [3.63, 3.8) is 0 Å². The van der Waals surface area contributed by atoms with Gasteiger partial charge in [-0.25, -0.2) is 0 Å². The van der Waals surface area contributed by atoms with E-state index in [4.69, 9.17) is 12.6 Å². The Morgan fingerprint density at radius 3 is 2.10 bits per heavy atom. The van der Waals surface area contributed by atoms with Crippen LogP contribution >= 0.6 is 0 Å². The Balaban J connectivity index is 0.000000291. The smallest absolute Gasteiger partial charge is 0.0914 e. The summed E-state index contributed by atoms with van der Waals surface area (Å²) in [5.41, 5.74) is 5.64. The van der Waals surface area contributed by atoms with Crippen LogP contribution in [0.15, 0.2) is 138 Å². The van der Waals surface area contributed by atoms with E-state index in [-0.39, 0.29) is 31.2 Å². The van der Waals surface area contributed by atoms with Crippen molar-refractivity contribution < 1.29 is 32.7 Å². The zero-order valence-electron chi connectivity index (χ0n) is 28.3. The van der Waals surface area contributed by atoms with Gasteiger partial charge in [-0.2, -0.15) is 0 Å². The van der Waals surface area contributed by atoms with E-state index in [9.17, 15) is 0 Å². The maximum Gasteiger partial charge on any atom is 0.0914 e. The van der Waals surface area contributed by atoms with Gasteiger partial charge in [-0.15, -0.1) is 48.0 Å². The summed E-state index contributed by atoms with van der Waals surface area (Å²) in [5.74, 6) is 0.681. The third-order valence-electron chi connectivity index (χ3n) is 6.51. The number of pyridine rings is 2. The molecule has 0 aliphatic rings. The molecule has 7 aromatic rings. The molecule has 4 aromatic carbocycles. The molecule has 4 heteroatoms. The van der Waals surface area contributed by atoms with Crippen LogP contribution in [0.25, 0.3) is 55.9 Å². The molecule has 3 aromatic heterocycles. The van der Waals surface area contributed by atoms with Crippen molar-refractivity contribution in [3.05, 3.63) is 157 Å². The summed E-state index contributed by atoms with van der Waals surface area (Å²) in [4.78, 5) is 8.54.